The summed E-state index contributed by atoms with van der Waals surface area (Å²) in [7, 11) is 0.517. The molecule has 0 saturated carbocycles. The summed E-state index contributed by atoms with van der Waals surface area (Å²) < 4.78 is 4.63. The fourth-order valence-electron chi connectivity index (χ4n) is 0.505. The molecule has 0 unspecified atom stereocenters. The molecule has 0 aliphatic rings. The zero-order valence-corrected chi connectivity index (χ0v) is 8.52. The van der Waals surface area contributed by atoms with Gasteiger partial charge >= 0.3 is 29.6 Å². The molecule has 0 aromatic rings. The maximum atomic E-state index is 10.6. The van der Waals surface area contributed by atoms with E-state index >= 15 is 0 Å². The van der Waals surface area contributed by atoms with Crippen LogP contribution in [0.1, 0.15) is 27.2 Å². The van der Waals surface area contributed by atoms with Crippen molar-refractivity contribution in [3.63, 3.8) is 0 Å². The van der Waals surface area contributed by atoms with Gasteiger partial charge in [-0.2, -0.15) is 0 Å². The summed E-state index contributed by atoms with van der Waals surface area (Å²) in [6, 6.07) is 0. The normalized spacial score (nSPS) is 10.3. The first-order valence-corrected chi connectivity index (χ1v) is 3.84. The molecule has 4 heteroatoms. The Hall–Kier alpha value is 0.687. The zero-order chi connectivity index (χ0) is 7.49. The number of carbonyl (C=O) groups excluding carboxylic acids is 1. The maximum absolute atomic E-state index is 10.6. The Labute approximate surface area is 87.5 Å². The van der Waals surface area contributed by atoms with Crippen molar-refractivity contribution in [2.24, 2.45) is 5.41 Å². The van der Waals surface area contributed by atoms with Crippen molar-refractivity contribution in [3.05, 3.63) is 0 Å². The van der Waals surface area contributed by atoms with Crippen LogP contribution >= 0.6 is 0 Å². The predicted molar refractivity (Wildman–Crippen MR) is 47.3 cm³/mol. The molecule has 0 saturated heterocycles. The van der Waals surface area contributed by atoms with E-state index in [0.717, 1.165) is 0 Å². The third kappa shape index (κ3) is 8.69. The standard InChI is InChI=1S/C6H14O2Si.Na.H/c1-6(2,3)4-5(7)8-9;;/h4H2,1-3,9H3;;. The second-order valence-electron chi connectivity index (χ2n) is 3.31. The van der Waals surface area contributed by atoms with Crippen LogP contribution in [0.3, 0.4) is 0 Å². The number of carbonyl (C=O) groups is 1. The molecule has 2 nitrogen and oxygen atoms in total. The van der Waals surface area contributed by atoms with Crippen molar-refractivity contribution in [1.82, 2.24) is 0 Å². The number of rotatable bonds is 1. The Morgan fingerprint density at radius 2 is 1.90 bits per heavy atom. The molecule has 0 aliphatic carbocycles. The predicted octanol–water partition coefficient (Wildman–Crippen LogP) is -0.402. The van der Waals surface area contributed by atoms with Gasteiger partial charge in [0, 0.05) is 6.42 Å². The first kappa shape index (κ1) is 13.3. The molecule has 0 fully saturated rings. The Morgan fingerprint density at radius 3 is 2.00 bits per heavy atom. The van der Waals surface area contributed by atoms with Crippen molar-refractivity contribution in [2.75, 3.05) is 0 Å². The third-order valence-electron chi connectivity index (χ3n) is 0.902. The second-order valence-corrected chi connectivity index (χ2v) is 3.72. The number of hydrogen-bond donors (Lipinski definition) is 0. The molecule has 0 rings (SSSR count). The Balaban J connectivity index is 0. The minimum absolute atomic E-state index is 0. The van der Waals surface area contributed by atoms with Crippen LogP contribution in [-0.2, 0) is 9.22 Å². The molecule has 0 aliphatic heterocycles. The van der Waals surface area contributed by atoms with Gasteiger partial charge in [0.2, 0.25) is 10.5 Å². The minimum atomic E-state index is -0.0748. The van der Waals surface area contributed by atoms with Gasteiger partial charge in [-0.15, -0.1) is 0 Å². The van der Waals surface area contributed by atoms with E-state index in [0.29, 0.717) is 16.9 Å². The Bertz CT molecular complexity index is 109. The summed E-state index contributed by atoms with van der Waals surface area (Å²) >= 11 is 0. The summed E-state index contributed by atoms with van der Waals surface area (Å²) in [4.78, 5) is 10.6. The van der Waals surface area contributed by atoms with E-state index in [1.807, 2.05) is 20.8 Å². The molecule has 0 spiro atoms. The summed E-state index contributed by atoms with van der Waals surface area (Å²) in [6.07, 6.45) is 0.524. The van der Waals surface area contributed by atoms with E-state index in [9.17, 15) is 4.79 Å². The molecule has 0 atom stereocenters. The summed E-state index contributed by atoms with van der Waals surface area (Å²) in [6.45, 7) is 6.06. The van der Waals surface area contributed by atoms with Gasteiger partial charge in [0.05, 0.1) is 0 Å². The second kappa shape index (κ2) is 5.35. The molecule has 0 aromatic heterocycles. The van der Waals surface area contributed by atoms with Crippen molar-refractivity contribution in [1.29, 1.82) is 0 Å². The van der Waals surface area contributed by atoms with E-state index in [1.54, 1.807) is 0 Å². The third-order valence-corrected chi connectivity index (χ3v) is 1.36. The van der Waals surface area contributed by atoms with Crippen LogP contribution in [0.15, 0.2) is 0 Å². The Kier molecular flexibility index (Phi) is 7.11. The van der Waals surface area contributed by atoms with Crippen LogP contribution < -0.4 is 0 Å². The topological polar surface area (TPSA) is 26.3 Å². The molecular weight excluding hydrogens is 155 g/mol. The molecule has 0 bridgehead atoms. The van der Waals surface area contributed by atoms with Crippen LogP contribution in [0.5, 0.6) is 0 Å². The van der Waals surface area contributed by atoms with Gasteiger partial charge < -0.3 is 4.43 Å². The van der Waals surface area contributed by atoms with Crippen LogP contribution in [0.2, 0.25) is 0 Å². The summed E-state index contributed by atoms with van der Waals surface area (Å²) in [5.74, 6) is -0.0748. The molecule has 0 amide bonds. The van der Waals surface area contributed by atoms with Gasteiger partial charge in [-0.3, -0.25) is 4.79 Å². The first-order chi connectivity index (χ1) is 3.95. The van der Waals surface area contributed by atoms with E-state index in [-0.39, 0.29) is 40.9 Å². The van der Waals surface area contributed by atoms with Crippen LogP contribution in [0.25, 0.3) is 0 Å². The van der Waals surface area contributed by atoms with Gasteiger partial charge in [-0.1, -0.05) is 20.8 Å². The molecule has 0 radical (unpaired) electrons. The van der Waals surface area contributed by atoms with Crippen molar-refractivity contribution in [2.45, 2.75) is 27.2 Å². The molecule has 0 N–H and O–H groups in total. The van der Waals surface area contributed by atoms with Gasteiger partial charge in [0.1, 0.15) is 0 Å². The first-order valence-electron chi connectivity index (χ1n) is 3.02. The quantitative estimate of drug-likeness (QED) is 0.500. The van der Waals surface area contributed by atoms with E-state index in [1.165, 1.54) is 0 Å². The van der Waals surface area contributed by atoms with Gasteiger partial charge in [0.25, 0.3) is 5.97 Å². The monoisotopic (exact) mass is 170 g/mol. The molecular formula is C6H15NaO2Si. The van der Waals surface area contributed by atoms with Crippen LogP contribution in [0, 0.1) is 5.41 Å². The van der Waals surface area contributed by atoms with Gasteiger partial charge in [-0.25, -0.2) is 0 Å². The van der Waals surface area contributed by atoms with Crippen LogP contribution in [0.4, 0.5) is 0 Å². The summed E-state index contributed by atoms with van der Waals surface area (Å²) in [5.41, 5.74) is 0.0709. The van der Waals surface area contributed by atoms with Gasteiger partial charge in [0.15, 0.2) is 0 Å². The molecule has 10 heavy (non-hydrogen) atoms. The van der Waals surface area contributed by atoms with Crippen molar-refractivity contribution >= 4 is 46.0 Å². The van der Waals surface area contributed by atoms with E-state index in [4.69, 9.17) is 0 Å². The van der Waals surface area contributed by atoms with Gasteiger partial charge in [-0.05, 0) is 5.41 Å². The van der Waals surface area contributed by atoms with Crippen molar-refractivity contribution < 1.29 is 9.22 Å². The molecule has 56 valence electrons. The number of hydrogen-bond acceptors (Lipinski definition) is 2. The van der Waals surface area contributed by atoms with E-state index < -0.39 is 0 Å². The average molecular weight is 170 g/mol. The van der Waals surface area contributed by atoms with E-state index in [2.05, 4.69) is 4.43 Å². The fraction of sp³-hybridized carbons (Fsp3) is 0.833. The van der Waals surface area contributed by atoms with Crippen molar-refractivity contribution in [3.8, 4) is 0 Å². The molecule has 0 heterocycles. The van der Waals surface area contributed by atoms with Crippen LogP contribution in [-0.4, -0.2) is 46.0 Å². The SMILES string of the molecule is CC(C)(C)CC(=O)O[SiH3].[NaH]. The average Bonchev–Trinajstić information content (AvgIpc) is 1.62. The fourth-order valence-corrected chi connectivity index (χ4v) is 0.650. The zero-order valence-electron chi connectivity index (χ0n) is 6.52. The molecule has 0 aromatic carbocycles. The Morgan fingerprint density at radius 1 is 1.50 bits per heavy atom. The summed E-state index contributed by atoms with van der Waals surface area (Å²) in [5, 5.41) is 0.